The Hall–Kier alpha value is -2.54. The molecule has 0 unspecified atom stereocenters. The molecule has 0 spiro atoms. The lowest BCUT2D eigenvalue weighted by molar-refractivity contribution is -0.124. The van der Waals surface area contributed by atoms with Gasteiger partial charge in [-0.25, -0.2) is 14.8 Å². The average molecular weight is 317 g/mol. The molecule has 0 radical (unpaired) electrons. The molecule has 0 atom stereocenters. The van der Waals surface area contributed by atoms with Gasteiger partial charge in [0.1, 0.15) is 0 Å². The van der Waals surface area contributed by atoms with Gasteiger partial charge in [-0.1, -0.05) is 0 Å². The number of ether oxygens (including phenoxy) is 2. The minimum Gasteiger partial charge on any atom is -0.452 e. The summed E-state index contributed by atoms with van der Waals surface area (Å²) in [6.45, 7) is 4.18. The number of aromatic nitrogens is 2. The van der Waals surface area contributed by atoms with Gasteiger partial charge in [-0.05, 0) is 32.0 Å². The fourth-order valence-electron chi connectivity index (χ4n) is 1.92. The zero-order chi connectivity index (χ0) is 16.8. The second kappa shape index (κ2) is 7.64. The smallest absolute Gasteiger partial charge is 0.338 e. The van der Waals surface area contributed by atoms with Crippen molar-refractivity contribution in [1.29, 1.82) is 0 Å². The van der Waals surface area contributed by atoms with E-state index in [4.69, 9.17) is 9.47 Å². The van der Waals surface area contributed by atoms with Crippen LogP contribution in [0.4, 0.5) is 0 Å². The second-order valence-electron chi connectivity index (χ2n) is 5.02. The lowest BCUT2D eigenvalue weighted by atomic mass is 10.2. The zero-order valence-electron chi connectivity index (χ0n) is 13.4. The number of benzene rings is 1. The van der Waals surface area contributed by atoms with E-state index in [2.05, 4.69) is 15.3 Å². The van der Waals surface area contributed by atoms with Gasteiger partial charge in [0.2, 0.25) is 0 Å². The summed E-state index contributed by atoms with van der Waals surface area (Å²) in [5.41, 5.74) is 3.31. The van der Waals surface area contributed by atoms with Crippen LogP contribution >= 0.6 is 0 Å². The molecular weight excluding hydrogens is 298 g/mol. The third kappa shape index (κ3) is 4.46. The summed E-state index contributed by atoms with van der Waals surface area (Å²) in [5.74, 6) is -0.948. The zero-order valence-corrected chi connectivity index (χ0v) is 13.4. The second-order valence-corrected chi connectivity index (χ2v) is 5.02. The molecule has 0 saturated heterocycles. The van der Waals surface area contributed by atoms with E-state index in [0.29, 0.717) is 29.7 Å². The molecule has 0 aliphatic rings. The first-order valence-electron chi connectivity index (χ1n) is 7.19. The molecule has 0 saturated carbocycles. The van der Waals surface area contributed by atoms with E-state index in [0.717, 1.165) is 11.4 Å². The van der Waals surface area contributed by atoms with Gasteiger partial charge < -0.3 is 14.8 Å². The number of rotatable bonds is 6. The number of methoxy groups -OCH3 is 1. The highest BCUT2D eigenvalue weighted by Gasteiger charge is 2.12. The van der Waals surface area contributed by atoms with Crippen molar-refractivity contribution in [1.82, 2.24) is 15.3 Å². The highest BCUT2D eigenvalue weighted by atomic mass is 16.5. The number of nitrogens with zero attached hydrogens (tertiary/aromatic N) is 2. The molecule has 2 aromatic rings. The number of amides is 1. The van der Waals surface area contributed by atoms with E-state index in [1.54, 1.807) is 18.2 Å². The van der Waals surface area contributed by atoms with Gasteiger partial charge in [-0.3, -0.25) is 4.79 Å². The molecule has 1 N–H and O–H groups in total. The van der Waals surface area contributed by atoms with Crippen molar-refractivity contribution in [2.45, 2.75) is 13.8 Å². The van der Waals surface area contributed by atoms with Crippen LogP contribution in [-0.2, 0) is 14.3 Å². The van der Waals surface area contributed by atoms with Crippen molar-refractivity contribution < 1.29 is 19.1 Å². The monoisotopic (exact) mass is 317 g/mol. The van der Waals surface area contributed by atoms with E-state index in [-0.39, 0.29) is 12.5 Å². The number of aryl methyl sites for hydroxylation is 2. The molecule has 1 aromatic carbocycles. The number of hydrogen-bond acceptors (Lipinski definition) is 6. The number of carbonyl (C=O) groups excluding carboxylic acids is 2. The Morgan fingerprint density at radius 1 is 1.13 bits per heavy atom. The molecule has 1 heterocycles. The highest BCUT2D eigenvalue weighted by Crippen LogP contribution is 2.15. The fourth-order valence-corrected chi connectivity index (χ4v) is 1.92. The van der Waals surface area contributed by atoms with Crippen molar-refractivity contribution in [2.75, 3.05) is 26.9 Å². The largest absolute Gasteiger partial charge is 0.452 e. The first-order chi connectivity index (χ1) is 11.0. The summed E-state index contributed by atoms with van der Waals surface area (Å²) in [6.07, 6.45) is 0. The molecule has 0 aliphatic carbocycles. The standard InChI is InChI=1S/C16H19N3O4/c1-10-11(2)19-14-8-12(4-5-13(14)18-10)16(21)23-9-15(20)17-6-7-22-3/h4-5,8H,6-7,9H2,1-3H3,(H,17,20). The van der Waals surface area contributed by atoms with E-state index in [1.807, 2.05) is 13.8 Å². The Morgan fingerprint density at radius 3 is 2.52 bits per heavy atom. The maximum atomic E-state index is 12.0. The number of hydrogen-bond donors (Lipinski definition) is 1. The van der Waals surface area contributed by atoms with E-state index in [1.165, 1.54) is 7.11 Å². The lowest BCUT2D eigenvalue weighted by Gasteiger charge is -2.07. The van der Waals surface area contributed by atoms with Crippen LogP contribution in [0.15, 0.2) is 18.2 Å². The van der Waals surface area contributed by atoms with Crippen LogP contribution in [0.1, 0.15) is 21.7 Å². The Kier molecular flexibility index (Phi) is 5.59. The van der Waals surface area contributed by atoms with Crippen molar-refractivity contribution in [3.05, 3.63) is 35.2 Å². The quantitative estimate of drug-likeness (QED) is 0.635. The third-order valence-electron chi connectivity index (χ3n) is 3.27. The predicted octanol–water partition coefficient (Wildman–Crippen LogP) is 1.17. The molecular formula is C16H19N3O4. The summed E-state index contributed by atoms with van der Waals surface area (Å²) in [4.78, 5) is 32.3. The van der Waals surface area contributed by atoms with Gasteiger partial charge in [0.15, 0.2) is 6.61 Å². The maximum Gasteiger partial charge on any atom is 0.338 e. The number of nitrogens with one attached hydrogen (secondary N) is 1. The van der Waals surface area contributed by atoms with Gasteiger partial charge >= 0.3 is 5.97 Å². The molecule has 7 nitrogen and oxygen atoms in total. The molecule has 1 aromatic heterocycles. The average Bonchev–Trinajstić information content (AvgIpc) is 2.53. The summed E-state index contributed by atoms with van der Waals surface area (Å²) < 4.78 is 9.79. The minimum atomic E-state index is -0.575. The first-order valence-corrected chi connectivity index (χ1v) is 7.19. The van der Waals surface area contributed by atoms with Gasteiger partial charge in [0.25, 0.3) is 5.91 Å². The molecule has 0 aliphatic heterocycles. The van der Waals surface area contributed by atoms with Gasteiger partial charge in [-0.2, -0.15) is 0 Å². The van der Waals surface area contributed by atoms with Gasteiger partial charge in [-0.15, -0.1) is 0 Å². The Bertz CT molecular complexity index is 731. The maximum absolute atomic E-state index is 12.0. The van der Waals surface area contributed by atoms with Crippen LogP contribution in [0.2, 0.25) is 0 Å². The van der Waals surface area contributed by atoms with Crippen molar-refractivity contribution in [2.24, 2.45) is 0 Å². The van der Waals surface area contributed by atoms with Crippen LogP contribution in [0.3, 0.4) is 0 Å². The summed E-state index contributed by atoms with van der Waals surface area (Å²) in [5, 5.41) is 2.57. The third-order valence-corrected chi connectivity index (χ3v) is 3.27. The minimum absolute atomic E-state index is 0.333. The predicted molar refractivity (Wildman–Crippen MR) is 84.2 cm³/mol. The molecule has 7 heteroatoms. The van der Waals surface area contributed by atoms with Crippen LogP contribution < -0.4 is 5.32 Å². The summed E-state index contributed by atoms with van der Waals surface area (Å²) in [6, 6.07) is 4.93. The van der Waals surface area contributed by atoms with Gasteiger partial charge in [0.05, 0.1) is 34.6 Å². The van der Waals surface area contributed by atoms with Crippen LogP contribution in [0.25, 0.3) is 11.0 Å². The van der Waals surface area contributed by atoms with E-state index < -0.39 is 5.97 Å². The van der Waals surface area contributed by atoms with Crippen molar-refractivity contribution >= 4 is 22.9 Å². The number of fused-ring (bicyclic) bond motifs is 1. The number of carbonyl (C=O) groups is 2. The highest BCUT2D eigenvalue weighted by molar-refractivity contribution is 5.94. The Labute approximate surface area is 134 Å². The fraction of sp³-hybridized carbons (Fsp3) is 0.375. The van der Waals surface area contributed by atoms with Gasteiger partial charge in [0, 0.05) is 13.7 Å². The Morgan fingerprint density at radius 2 is 1.83 bits per heavy atom. The summed E-state index contributed by atoms with van der Waals surface area (Å²) in [7, 11) is 1.54. The molecule has 23 heavy (non-hydrogen) atoms. The van der Waals surface area contributed by atoms with Crippen LogP contribution in [0.5, 0.6) is 0 Å². The number of esters is 1. The molecule has 122 valence electrons. The SMILES string of the molecule is COCCNC(=O)COC(=O)c1ccc2nc(C)c(C)nc2c1. The normalized spacial score (nSPS) is 10.6. The molecule has 1 amide bonds. The first kappa shape index (κ1) is 16.8. The molecule has 2 rings (SSSR count). The van der Waals surface area contributed by atoms with Crippen LogP contribution in [-0.4, -0.2) is 48.7 Å². The topological polar surface area (TPSA) is 90.4 Å². The van der Waals surface area contributed by atoms with Crippen molar-refractivity contribution in [3.8, 4) is 0 Å². The Balaban J connectivity index is 2.01. The molecule has 0 fully saturated rings. The summed E-state index contributed by atoms with van der Waals surface area (Å²) >= 11 is 0. The van der Waals surface area contributed by atoms with Crippen molar-refractivity contribution in [3.63, 3.8) is 0 Å². The van der Waals surface area contributed by atoms with Crippen LogP contribution in [0, 0.1) is 13.8 Å². The van der Waals surface area contributed by atoms with E-state index >= 15 is 0 Å². The molecule has 0 bridgehead atoms. The lowest BCUT2D eigenvalue weighted by Crippen LogP contribution is -2.31. The van der Waals surface area contributed by atoms with E-state index in [9.17, 15) is 9.59 Å².